The van der Waals surface area contributed by atoms with Crippen molar-refractivity contribution in [2.24, 2.45) is 0 Å². The van der Waals surface area contributed by atoms with Crippen LogP contribution in [-0.2, 0) is 6.42 Å². The Bertz CT molecular complexity index is 1070. The Morgan fingerprint density at radius 1 is 0.914 bits per heavy atom. The Hall–Kier alpha value is -2.30. The molecule has 0 radical (unpaired) electrons. The molecule has 0 saturated carbocycles. The number of ether oxygens (including phenoxy) is 1. The van der Waals surface area contributed by atoms with E-state index in [4.69, 9.17) is 16.3 Å². The van der Waals surface area contributed by atoms with E-state index in [0.717, 1.165) is 62.1 Å². The van der Waals surface area contributed by atoms with E-state index in [0.29, 0.717) is 22.9 Å². The summed E-state index contributed by atoms with van der Waals surface area (Å²) >= 11 is 6.56. The van der Waals surface area contributed by atoms with Gasteiger partial charge in [-0.15, -0.1) is 0 Å². The molecule has 4 nitrogen and oxygen atoms in total. The second-order valence-electron chi connectivity index (χ2n) is 9.34. The second kappa shape index (κ2) is 14.3. The average Bonchev–Trinajstić information content (AvgIpc) is 3.24. The molecule has 2 heterocycles. The lowest BCUT2D eigenvalue weighted by atomic mass is 10.0. The topological polar surface area (TPSA) is 34.0 Å². The van der Waals surface area contributed by atoms with Crippen LogP contribution in [0.15, 0.2) is 48.7 Å². The van der Waals surface area contributed by atoms with Crippen LogP contribution in [0.25, 0.3) is 5.52 Å². The van der Waals surface area contributed by atoms with Crippen LogP contribution in [0.3, 0.4) is 0 Å². The number of hydrogen-bond donors (Lipinski definition) is 0. The highest BCUT2D eigenvalue weighted by atomic mass is 35.5. The monoisotopic (exact) mass is 496 g/mol. The summed E-state index contributed by atoms with van der Waals surface area (Å²) < 4.78 is 7.99. The number of aryl methyl sites for hydroxylation is 1. The maximum Gasteiger partial charge on any atom is 0.210 e. The number of ketones is 1. The van der Waals surface area contributed by atoms with Crippen molar-refractivity contribution in [2.45, 2.75) is 72.1 Å². The third-order valence-electron chi connectivity index (χ3n) is 6.50. The molecule has 0 aliphatic carbocycles. The summed E-state index contributed by atoms with van der Waals surface area (Å²) in [6.45, 7) is 10.6. The van der Waals surface area contributed by atoms with Crippen LogP contribution in [0.1, 0.15) is 87.3 Å². The Balaban J connectivity index is 1.65. The van der Waals surface area contributed by atoms with Gasteiger partial charge < -0.3 is 14.0 Å². The minimum absolute atomic E-state index is 0.00163. The number of nitrogens with zero attached hydrogens (tertiary/aromatic N) is 2. The van der Waals surface area contributed by atoms with Crippen molar-refractivity contribution in [2.75, 3.05) is 26.2 Å². The van der Waals surface area contributed by atoms with Crippen molar-refractivity contribution in [3.63, 3.8) is 0 Å². The van der Waals surface area contributed by atoms with Crippen molar-refractivity contribution in [1.29, 1.82) is 0 Å². The van der Waals surface area contributed by atoms with Crippen molar-refractivity contribution >= 4 is 22.9 Å². The van der Waals surface area contributed by atoms with Crippen LogP contribution in [-0.4, -0.2) is 41.3 Å². The molecule has 3 aromatic rings. The lowest BCUT2D eigenvalue weighted by Crippen LogP contribution is -2.28. The number of aromatic nitrogens is 1. The van der Waals surface area contributed by atoms with Gasteiger partial charge in [-0.1, -0.05) is 57.7 Å². The van der Waals surface area contributed by atoms with Gasteiger partial charge in [0.15, 0.2) is 0 Å². The van der Waals surface area contributed by atoms with Crippen LogP contribution < -0.4 is 4.74 Å². The van der Waals surface area contributed by atoms with Gasteiger partial charge in [-0.2, -0.15) is 0 Å². The molecule has 0 spiro atoms. The Morgan fingerprint density at radius 2 is 1.63 bits per heavy atom. The molecule has 1 aromatic carbocycles. The highest BCUT2D eigenvalue weighted by molar-refractivity contribution is 6.32. The Kier molecular flexibility index (Phi) is 11.2. The number of fused-ring (bicyclic) bond motifs is 1. The zero-order valence-electron chi connectivity index (χ0n) is 21.7. The largest absolute Gasteiger partial charge is 0.492 e. The standard InChI is InChI=1S/C30H41ClN2O2/c1-4-7-13-24-22-26-14-10-11-20-33(26)29(24)30(34)25-15-16-28(27(31)23-25)35-21-12-19-32(17-8-5-2)18-9-6-3/h10-11,14-16,20,22-23H,4-9,12-13,17-19,21H2,1-3H3. The Morgan fingerprint density at radius 3 is 2.31 bits per heavy atom. The third kappa shape index (κ3) is 7.59. The molecule has 0 amide bonds. The summed E-state index contributed by atoms with van der Waals surface area (Å²) in [6, 6.07) is 13.6. The van der Waals surface area contributed by atoms with Gasteiger partial charge in [0.2, 0.25) is 5.78 Å². The molecule has 0 atom stereocenters. The molecular weight excluding hydrogens is 456 g/mol. The van der Waals surface area contributed by atoms with Crippen LogP contribution in [0.4, 0.5) is 0 Å². The van der Waals surface area contributed by atoms with E-state index in [9.17, 15) is 4.79 Å². The number of hydrogen-bond acceptors (Lipinski definition) is 3. The first kappa shape index (κ1) is 27.3. The van der Waals surface area contributed by atoms with Crippen LogP contribution in [0, 0.1) is 0 Å². The number of halogens is 1. The predicted molar refractivity (Wildman–Crippen MR) is 147 cm³/mol. The molecular formula is C30H41ClN2O2. The molecule has 190 valence electrons. The number of carbonyl (C=O) groups excluding carboxylic acids is 1. The van der Waals surface area contributed by atoms with E-state index < -0.39 is 0 Å². The molecule has 2 aromatic heterocycles. The van der Waals surface area contributed by atoms with Gasteiger partial charge >= 0.3 is 0 Å². The predicted octanol–water partition coefficient (Wildman–Crippen LogP) is 7.84. The number of rotatable bonds is 16. The fourth-order valence-electron chi connectivity index (χ4n) is 4.46. The SMILES string of the molecule is CCCCc1cc2ccccn2c1C(=O)c1ccc(OCCCN(CCCC)CCCC)c(Cl)c1. The molecule has 0 aliphatic rings. The van der Waals surface area contributed by atoms with E-state index in [1.807, 2.05) is 40.9 Å². The van der Waals surface area contributed by atoms with E-state index >= 15 is 0 Å². The molecule has 35 heavy (non-hydrogen) atoms. The van der Waals surface area contributed by atoms with Gasteiger partial charge in [0, 0.05) is 23.8 Å². The van der Waals surface area contributed by atoms with E-state index in [-0.39, 0.29) is 5.78 Å². The fraction of sp³-hybridized carbons (Fsp3) is 0.500. The van der Waals surface area contributed by atoms with Gasteiger partial charge in [0.05, 0.1) is 17.3 Å². The maximum atomic E-state index is 13.6. The number of pyridine rings is 1. The quantitative estimate of drug-likeness (QED) is 0.149. The van der Waals surface area contributed by atoms with Crippen molar-refractivity contribution < 1.29 is 9.53 Å². The molecule has 3 rings (SSSR count). The minimum atomic E-state index is -0.00163. The number of unbranched alkanes of at least 4 members (excludes halogenated alkanes) is 3. The number of carbonyl (C=O) groups is 1. The van der Waals surface area contributed by atoms with Crippen LogP contribution in [0.5, 0.6) is 5.75 Å². The van der Waals surface area contributed by atoms with Gasteiger partial charge in [0.1, 0.15) is 5.75 Å². The van der Waals surface area contributed by atoms with E-state index in [1.54, 1.807) is 6.07 Å². The molecule has 0 saturated heterocycles. The van der Waals surface area contributed by atoms with E-state index in [2.05, 4.69) is 31.7 Å². The van der Waals surface area contributed by atoms with Gasteiger partial charge in [-0.25, -0.2) is 0 Å². The smallest absolute Gasteiger partial charge is 0.210 e. The van der Waals surface area contributed by atoms with E-state index in [1.165, 1.54) is 25.7 Å². The summed E-state index contributed by atoms with van der Waals surface area (Å²) in [6.07, 6.45) is 10.9. The number of benzene rings is 1. The maximum absolute atomic E-state index is 13.6. The lowest BCUT2D eigenvalue weighted by Gasteiger charge is -2.22. The zero-order valence-corrected chi connectivity index (χ0v) is 22.4. The third-order valence-corrected chi connectivity index (χ3v) is 6.79. The van der Waals surface area contributed by atoms with Gasteiger partial charge in [-0.3, -0.25) is 4.79 Å². The molecule has 0 fully saturated rings. The first-order valence-corrected chi connectivity index (χ1v) is 13.7. The summed E-state index contributed by atoms with van der Waals surface area (Å²) in [4.78, 5) is 16.1. The highest BCUT2D eigenvalue weighted by Crippen LogP contribution is 2.28. The average molecular weight is 497 g/mol. The zero-order chi connectivity index (χ0) is 25.0. The molecule has 0 N–H and O–H groups in total. The van der Waals surface area contributed by atoms with Crippen molar-refractivity contribution in [1.82, 2.24) is 9.30 Å². The molecule has 0 unspecified atom stereocenters. The summed E-state index contributed by atoms with van der Waals surface area (Å²) in [5.74, 6) is 0.640. The van der Waals surface area contributed by atoms with Crippen LogP contribution >= 0.6 is 11.6 Å². The summed E-state index contributed by atoms with van der Waals surface area (Å²) in [5, 5.41) is 0.487. The first-order valence-electron chi connectivity index (χ1n) is 13.4. The highest BCUT2D eigenvalue weighted by Gasteiger charge is 2.20. The Labute approximate surface area is 216 Å². The molecule has 5 heteroatoms. The summed E-state index contributed by atoms with van der Waals surface area (Å²) in [7, 11) is 0. The molecule has 0 aliphatic heterocycles. The normalized spacial score (nSPS) is 11.5. The summed E-state index contributed by atoms with van der Waals surface area (Å²) in [5.41, 5.74) is 3.46. The minimum Gasteiger partial charge on any atom is -0.492 e. The van der Waals surface area contributed by atoms with Crippen LogP contribution in [0.2, 0.25) is 5.02 Å². The lowest BCUT2D eigenvalue weighted by molar-refractivity contribution is 0.103. The van der Waals surface area contributed by atoms with Crippen molar-refractivity contribution in [3.05, 3.63) is 70.5 Å². The first-order chi connectivity index (χ1) is 17.1. The molecule has 0 bridgehead atoms. The van der Waals surface area contributed by atoms with Gasteiger partial charge in [0.25, 0.3) is 0 Å². The fourth-order valence-corrected chi connectivity index (χ4v) is 4.69. The van der Waals surface area contributed by atoms with Gasteiger partial charge in [-0.05, 0) is 87.2 Å². The van der Waals surface area contributed by atoms with Crippen molar-refractivity contribution in [3.8, 4) is 5.75 Å². The second-order valence-corrected chi connectivity index (χ2v) is 9.75.